The van der Waals surface area contributed by atoms with Gasteiger partial charge in [0.05, 0.1) is 5.56 Å². The minimum Gasteiger partial charge on any atom is -0.381 e. The number of anilines is 1. The van der Waals surface area contributed by atoms with Crippen LogP contribution in [0.1, 0.15) is 16.7 Å². The summed E-state index contributed by atoms with van der Waals surface area (Å²) < 4.78 is 14.2. The first-order valence-electron chi connectivity index (χ1n) is 5.78. The number of nitrogens with one attached hydrogen (secondary N) is 1. The first-order valence-corrected chi connectivity index (χ1v) is 6.58. The predicted octanol–water partition coefficient (Wildman–Crippen LogP) is 4.38. The molecule has 0 spiro atoms. The number of rotatable bonds is 3. The molecule has 0 unspecified atom stereocenters. The van der Waals surface area contributed by atoms with Crippen molar-refractivity contribution in [2.75, 3.05) is 5.32 Å². The summed E-state index contributed by atoms with van der Waals surface area (Å²) in [4.78, 5) is 0. The van der Waals surface area contributed by atoms with E-state index in [4.69, 9.17) is 5.26 Å². The van der Waals surface area contributed by atoms with Gasteiger partial charge in [0.2, 0.25) is 0 Å². The lowest BCUT2D eigenvalue weighted by Crippen LogP contribution is -2.00. The van der Waals surface area contributed by atoms with E-state index in [2.05, 4.69) is 27.3 Å². The number of hydrogen-bond donors (Lipinski definition) is 1. The second-order valence-electron chi connectivity index (χ2n) is 4.24. The summed E-state index contributed by atoms with van der Waals surface area (Å²) in [5.41, 5.74) is 3.08. The van der Waals surface area contributed by atoms with Gasteiger partial charge in [-0.25, -0.2) is 4.39 Å². The number of halogens is 2. The third-order valence-electron chi connectivity index (χ3n) is 2.81. The molecular weight excluding hydrogens is 307 g/mol. The van der Waals surface area contributed by atoms with E-state index >= 15 is 0 Å². The summed E-state index contributed by atoms with van der Waals surface area (Å²) >= 11 is 3.45. The Labute approximate surface area is 120 Å². The van der Waals surface area contributed by atoms with Crippen molar-refractivity contribution in [2.45, 2.75) is 13.5 Å². The van der Waals surface area contributed by atoms with Gasteiger partial charge in [0.15, 0.2) is 0 Å². The molecule has 2 aromatic rings. The maximum Gasteiger partial charge on any atom is 0.141 e. The Morgan fingerprint density at radius 2 is 2.05 bits per heavy atom. The summed E-state index contributed by atoms with van der Waals surface area (Å²) in [7, 11) is 0. The Bertz CT molecular complexity index is 647. The zero-order valence-corrected chi connectivity index (χ0v) is 12.0. The molecule has 0 bridgehead atoms. The van der Waals surface area contributed by atoms with E-state index in [1.54, 1.807) is 6.07 Å². The van der Waals surface area contributed by atoms with Crippen molar-refractivity contribution in [1.82, 2.24) is 0 Å². The van der Waals surface area contributed by atoms with Crippen LogP contribution in [0.25, 0.3) is 0 Å². The van der Waals surface area contributed by atoms with E-state index < -0.39 is 5.82 Å². The smallest absolute Gasteiger partial charge is 0.141 e. The van der Waals surface area contributed by atoms with Gasteiger partial charge in [0.25, 0.3) is 0 Å². The first-order chi connectivity index (χ1) is 9.10. The largest absolute Gasteiger partial charge is 0.381 e. The molecule has 0 aromatic heterocycles. The molecule has 0 fully saturated rings. The minimum absolute atomic E-state index is 0.0528. The molecule has 0 aliphatic heterocycles. The zero-order chi connectivity index (χ0) is 13.8. The minimum atomic E-state index is -0.493. The quantitative estimate of drug-likeness (QED) is 0.911. The number of nitrogens with zero attached hydrogens (tertiary/aromatic N) is 1. The highest BCUT2D eigenvalue weighted by molar-refractivity contribution is 9.10. The lowest BCUT2D eigenvalue weighted by atomic mass is 10.1. The van der Waals surface area contributed by atoms with Gasteiger partial charge in [-0.15, -0.1) is 0 Å². The Morgan fingerprint density at radius 3 is 2.74 bits per heavy atom. The van der Waals surface area contributed by atoms with Crippen LogP contribution in [-0.2, 0) is 6.54 Å². The zero-order valence-electron chi connectivity index (χ0n) is 10.4. The van der Waals surface area contributed by atoms with E-state index in [0.717, 1.165) is 21.3 Å². The van der Waals surface area contributed by atoms with Crippen LogP contribution in [0.15, 0.2) is 40.9 Å². The first kappa shape index (κ1) is 13.6. The molecule has 0 radical (unpaired) electrons. The van der Waals surface area contributed by atoms with Gasteiger partial charge in [-0.05, 0) is 42.3 Å². The average Bonchev–Trinajstić information content (AvgIpc) is 2.41. The van der Waals surface area contributed by atoms with Crippen LogP contribution in [0.4, 0.5) is 10.1 Å². The van der Waals surface area contributed by atoms with Gasteiger partial charge in [-0.1, -0.05) is 28.1 Å². The van der Waals surface area contributed by atoms with Crippen molar-refractivity contribution in [3.05, 3.63) is 63.4 Å². The summed E-state index contributed by atoms with van der Waals surface area (Å²) in [5.74, 6) is -0.493. The summed E-state index contributed by atoms with van der Waals surface area (Å²) in [5, 5.41) is 11.9. The van der Waals surface area contributed by atoms with Gasteiger partial charge < -0.3 is 5.32 Å². The third-order valence-corrected chi connectivity index (χ3v) is 3.70. The molecule has 0 saturated heterocycles. The second-order valence-corrected chi connectivity index (χ2v) is 5.10. The average molecular weight is 319 g/mol. The summed E-state index contributed by atoms with van der Waals surface area (Å²) in [6, 6.07) is 12.4. The third kappa shape index (κ3) is 3.33. The molecule has 96 valence electrons. The van der Waals surface area contributed by atoms with Crippen molar-refractivity contribution in [1.29, 1.82) is 5.26 Å². The predicted molar refractivity (Wildman–Crippen MR) is 77.3 cm³/mol. The van der Waals surface area contributed by atoms with E-state index in [1.807, 2.05) is 25.1 Å². The number of nitriles is 1. The molecule has 2 nitrogen and oxygen atoms in total. The molecule has 0 heterocycles. The fourth-order valence-corrected chi connectivity index (χ4v) is 1.99. The fraction of sp³-hybridized carbons (Fsp3) is 0.133. The molecule has 0 aliphatic rings. The molecular formula is C15H12BrFN2. The van der Waals surface area contributed by atoms with Gasteiger partial charge in [0, 0.05) is 16.7 Å². The Morgan fingerprint density at radius 1 is 1.26 bits per heavy atom. The molecule has 0 saturated carbocycles. The van der Waals surface area contributed by atoms with Gasteiger partial charge in [0.1, 0.15) is 11.9 Å². The standard InChI is InChI=1S/C15H12BrFN2/c1-10-6-11(2-4-14(10)16)9-19-13-3-5-15(17)12(7-13)8-18/h2-7,19H,9H2,1H3. The normalized spacial score (nSPS) is 10.0. The van der Waals surface area contributed by atoms with E-state index in [-0.39, 0.29) is 5.56 Å². The van der Waals surface area contributed by atoms with Gasteiger partial charge >= 0.3 is 0 Å². The van der Waals surface area contributed by atoms with E-state index in [1.165, 1.54) is 12.1 Å². The number of benzene rings is 2. The molecule has 0 aliphatic carbocycles. The highest BCUT2D eigenvalue weighted by Gasteiger charge is 2.03. The van der Waals surface area contributed by atoms with E-state index in [9.17, 15) is 4.39 Å². The van der Waals surface area contributed by atoms with Crippen LogP contribution >= 0.6 is 15.9 Å². The number of hydrogen-bond acceptors (Lipinski definition) is 2. The summed E-state index contributed by atoms with van der Waals surface area (Å²) in [6.07, 6.45) is 0. The molecule has 0 amide bonds. The fourth-order valence-electron chi connectivity index (χ4n) is 1.74. The SMILES string of the molecule is Cc1cc(CNc2ccc(F)c(C#N)c2)ccc1Br. The maximum atomic E-state index is 13.2. The summed E-state index contributed by atoms with van der Waals surface area (Å²) in [6.45, 7) is 2.66. The van der Waals surface area contributed by atoms with Crippen LogP contribution in [0.2, 0.25) is 0 Å². The van der Waals surface area contributed by atoms with Gasteiger partial charge in [-0.2, -0.15) is 5.26 Å². The Kier molecular flexibility index (Phi) is 4.18. The van der Waals surface area contributed by atoms with Crippen molar-refractivity contribution in [3.63, 3.8) is 0 Å². The second kappa shape index (κ2) is 5.85. The molecule has 2 aromatic carbocycles. The topological polar surface area (TPSA) is 35.8 Å². The Balaban J connectivity index is 2.10. The van der Waals surface area contributed by atoms with Crippen LogP contribution in [0.5, 0.6) is 0 Å². The molecule has 0 atom stereocenters. The molecule has 4 heteroatoms. The lowest BCUT2D eigenvalue weighted by Gasteiger charge is -2.08. The van der Waals surface area contributed by atoms with Crippen molar-refractivity contribution in [2.24, 2.45) is 0 Å². The van der Waals surface area contributed by atoms with Crippen molar-refractivity contribution in [3.8, 4) is 6.07 Å². The highest BCUT2D eigenvalue weighted by atomic mass is 79.9. The lowest BCUT2D eigenvalue weighted by molar-refractivity contribution is 0.624. The van der Waals surface area contributed by atoms with Crippen molar-refractivity contribution >= 4 is 21.6 Å². The van der Waals surface area contributed by atoms with Crippen LogP contribution in [0.3, 0.4) is 0 Å². The monoisotopic (exact) mass is 318 g/mol. The van der Waals surface area contributed by atoms with Crippen molar-refractivity contribution < 1.29 is 4.39 Å². The number of aryl methyl sites for hydroxylation is 1. The highest BCUT2D eigenvalue weighted by Crippen LogP contribution is 2.19. The Hall–Kier alpha value is -1.86. The molecule has 19 heavy (non-hydrogen) atoms. The van der Waals surface area contributed by atoms with Crippen LogP contribution in [-0.4, -0.2) is 0 Å². The maximum absolute atomic E-state index is 13.2. The van der Waals surface area contributed by atoms with Crippen LogP contribution in [0, 0.1) is 24.1 Å². The van der Waals surface area contributed by atoms with Gasteiger partial charge in [-0.3, -0.25) is 0 Å². The van der Waals surface area contributed by atoms with E-state index in [0.29, 0.717) is 6.54 Å². The molecule has 2 rings (SSSR count). The molecule has 1 N–H and O–H groups in total. The van der Waals surface area contributed by atoms with Crippen LogP contribution < -0.4 is 5.32 Å².